The molecule has 9 nitrogen and oxygen atoms in total. The van der Waals surface area contributed by atoms with E-state index in [4.69, 9.17) is 10.00 Å². The molecule has 2 rings (SSSR count). The van der Waals surface area contributed by atoms with Gasteiger partial charge in [0.15, 0.2) is 5.78 Å². The van der Waals surface area contributed by atoms with E-state index in [1.807, 2.05) is 11.5 Å². The minimum absolute atomic E-state index is 0.367. The van der Waals surface area contributed by atoms with Gasteiger partial charge in [-0.15, -0.1) is 0 Å². The second-order valence-corrected chi connectivity index (χ2v) is 5.77. The lowest BCUT2D eigenvalue weighted by Crippen LogP contribution is -2.26. The van der Waals surface area contributed by atoms with E-state index in [1.165, 1.54) is 0 Å². The van der Waals surface area contributed by atoms with E-state index in [0.717, 1.165) is 28.2 Å². The molecule has 0 aliphatic heterocycles. The fraction of sp³-hybridized carbons (Fsp3) is 0.353. The predicted octanol–water partition coefficient (Wildman–Crippen LogP) is 1.58. The average molecular weight is 358 g/mol. The molecule has 0 unspecified atom stereocenters. The molecular weight excluding hydrogens is 340 g/mol. The Kier molecular flexibility index (Phi) is 5.69. The number of pyridine rings is 1. The highest BCUT2D eigenvalue weighted by Crippen LogP contribution is 2.17. The molecule has 0 saturated carbocycles. The van der Waals surface area contributed by atoms with Gasteiger partial charge in [0.05, 0.1) is 24.3 Å². The molecule has 2 aromatic rings. The molecule has 2 aromatic heterocycles. The zero-order valence-corrected chi connectivity index (χ0v) is 14.7. The highest BCUT2D eigenvalue weighted by Gasteiger charge is 2.19. The number of Topliss-reactive ketones (excluding diaryl/α,β-unsaturated/α-hetero) is 1. The molecule has 0 radical (unpaired) electrons. The van der Waals surface area contributed by atoms with Crippen LogP contribution in [-0.4, -0.2) is 33.6 Å². The summed E-state index contributed by atoms with van der Waals surface area (Å²) >= 11 is 0. The SMILES string of the molecule is COCCn1c(C)cc(C(=O)Cn2cc([N+](=O)[O-])cc(C#N)c2=O)c1C. The van der Waals surface area contributed by atoms with Gasteiger partial charge in [0.1, 0.15) is 11.6 Å². The summed E-state index contributed by atoms with van der Waals surface area (Å²) in [5.41, 5.74) is 0.489. The number of nitrogens with zero attached hydrogens (tertiary/aromatic N) is 4. The first kappa shape index (κ1) is 19.1. The first-order chi connectivity index (χ1) is 12.3. The van der Waals surface area contributed by atoms with Crippen molar-refractivity contribution in [1.82, 2.24) is 9.13 Å². The number of aromatic nitrogens is 2. The summed E-state index contributed by atoms with van der Waals surface area (Å²) in [6.45, 7) is 4.32. The first-order valence-corrected chi connectivity index (χ1v) is 7.78. The summed E-state index contributed by atoms with van der Waals surface area (Å²) in [5.74, 6) is -0.367. The van der Waals surface area contributed by atoms with Gasteiger partial charge < -0.3 is 9.30 Å². The Bertz CT molecular complexity index is 965. The Labute approximate surface area is 149 Å². The average Bonchev–Trinajstić information content (AvgIpc) is 2.88. The van der Waals surface area contributed by atoms with Crippen LogP contribution in [-0.2, 0) is 17.8 Å². The molecule has 9 heteroatoms. The van der Waals surface area contributed by atoms with Crippen LogP contribution in [0.15, 0.2) is 23.1 Å². The van der Waals surface area contributed by atoms with E-state index in [0.29, 0.717) is 18.7 Å². The van der Waals surface area contributed by atoms with E-state index < -0.39 is 16.2 Å². The number of carbonyl (C=O) groups is 1. The number of aryl methyl sites for hydroxylation is 1. The van der Waals surface area contributed by atoms with E-state index in [1.54, 1.807) is 26.2 Å². The number of nitriles is 1. The first-order valence-electron chi connectivity index (χ1n) is 7.78. The van der Waals surface area contributed by atoms with Crippen molar-refractivity contribution < 1.29 is 14.5 Å². The lowest BCUT2D eigenvalue weighted by atomic mass is 10.1. The van der Waals surface area contributed by atoms with Crippen LogP contribution in [0.3, 0.4) is 0 Å². The molecule has 0 spiro atoms. The number of hydrogen-bond donors (Lipinski definition) is 0. The largest absolute Gasteiger partial charge is 0.383 e. The summed E-state index contributed by atoms with van der Waals surface area (Å²) in [4.78, 5) is 35.1. The molecule has 0 amide bonds. The number of rotatable bonds is 7. The second kappa shape index (κ2) is 7.76. The van der Waals surface area contributed by atoms with Crippen LogP contribution in [0, 0.1) is 35.3 Å². The van der Waals surface area contributed by atoms with E-state index in [-0.39, 0.29) is 17.9 Å². The van der Waals surface area contributed by atoms with Crippen molar-refractivity contribution >= 4 is 11.5 Å². The van der Waals surface area contributed by atoms with Crippen LogP contribution < -0.4 is 5.56 Å². The zero-order valence-electron chi connectivity index (χ0n) is 14.7. The predicted molar refractivity (Wildman–Crippen MR) is 92.2 cm³/mol. The molecule has 0 N–H and O–H groups in total. The van der Waals surface area contributed by atoms with Crippen LogP contribution in [0.5, 0.6) is 0 Å². The monoisotopic (exact) mass is 358 g/mol. The summed E-state index contributed by atoms with van der Waals surface area (Å²) in [6, 6.07) is 4.24. The van der Waals surface area contributed by atoms with Gasteiger partial charge in [-0.25, -0.2) is 0 Å². The quantitative estimate of drug-likeness (QED) is 0.421. The van der Waals surface area contributed by atoms with Gasteiger partial charge in [-0.2, -0.15) is 5.26 Å². The number of nitro groups is 1. The molecule has 26 heavy (non-hydrogen) atoms. The fourth-order valence-electron chi connectivity index (χ4n) is 2.77. The fourth-order valence-corrected chi connectivity index (χ4v) is 2.77. The lowest BCUT2D eigenvalue weighted by molar-refractivity contribution is -0.385. The smallest absolute Gasteiger partial charge is 0.287 e. The third-order valence-electron chi connectivity index (χ3n) is 4.11. The van der Waals surface area contributed by atoms with Crippen LogP contribution in [0.2, 0.25) is 0 Å². The van der Waals surface area contributed by atoms with E-state index in [2.05, 4.69) is 0 Å². The third-order valence-corrected chi connectivity index (χ3v) is 4.11. The third kappa shape index (κ3) is 3.70. The molecule has 0 saturated heterocycles. The molecule has 0 atom stereocenters. The summed E-state index contributed by atoms with van der Waals surface area (Å²) in [7, 11) is 1.59. The van der Waals surface area contributed by atoms with Crippen molar-refractivity contribution in [3.05, 3.63) is 61.3 Å². The Hall–Kier alpha value is -3.25. The number of ether oxygens (including phenoxy) is 1. The zero-order chi connectivity index (χ0) is 19.4. The topological polar surface area (TPSA) is 120 Å². The number of methoxy groups -OCH3 is 1. The van der Waals surface area contributed by atoms with Gasteiger partial charge >= 0.3 is 0 Å². The van der Waals surface area contributed by atoms with Gasteiger partial charge in [-0.05, 0) is 19.9 Å². The summed E-state index contributed by atoms with van der Waals surface area (Å²) in [6.07, 6.45) is 0.977. The second-order valence-electron chi connectivity index (χ2n) is 5.77. The number of ketones is 1. The van der Waals surface area contributed by atoms with Gasteiger partial charge in [-0.1, -0.05) is 0 Å². The molecule has 0 bridgehead atoms. The van der Waals surface area contributed by atoms with Crippen LogP contribution >= 0.6 is 0 Å². The van der Waals surface area contributed by atoms with Gasteiger partial charge in [0, 0.05) is 36.7 Å². The molecule has 0 aromatic carbocycles. The van der Waals surface area contributed by atoms with Crippen LogP contribution in [0.1, 0.15) is 27.3 Å². The van der Waals surface area contributed by atoms with E-state index >= 15 is 0 Å². The van der Waals surface area contributed by atoms with Crippen molar-refractivity contribution in [2.24, 2.45) is 0 Å². The Balaban J connectivity index is 2.40. The van der Waals surface area contributed by atoms with Crippen LogP contribution in [0.4, 0.5) is 5.69 Å². The van der Waals surface area contributed by atoms with Crippen molar-refractivity contribution in [1.29, 1.82) is 5.26 Å². The van der Waals surface area contributed by atoms with Gasteiger partial charge in [0.2, 0.25) is 0 Å². The van der Waals surface area contributed by atoms with Gasteiger partial charge in [0.25, 0.3) is 11.2 Å². The molecule has 136 valence electrons. The highest BCUT2D eigenvalue weighted by atomic mass is 16.6. The van der Waals surface area contributed by atoms with Crippen molar-refractivity contribution in [2.75, 3.05) is 13.7 Å². The number of carbonyl (C=O) groups excluding carboxylic acids is 1. The van der Waals surface area contributed by atoms with E-state index in [9.17, 15) is 19.7 Å². The van der Waals surface area contributed by atoms with Crippen molar-refractivity contribution in [2.45, 2.75) is 26.9 Å². The molecular formula is C17H18N4O5. The summed E-state index contributed by atoms with van der Waals surface area (Å²) in [5, 5.41) is 20.0. The normalized spacial score (nSPS) is 10.5. The molecule has 0 aliphatic carbocycles. The maximum atomic E-state index is 12.7. The highest BCUT2D eigenvalue weighted by molar-refractivity contribution is 5.97. The molecule has 0 aliphatic rings. The Morgan fingerprint density at radius 1 is 1.38 bits per heavy atom. The maximum absolute atomic E-state index is 12.7. The summed E-state index contributed by atoms with van der Waals surface area (Å²) < 4.78 is 7.88. The molecule has 2 heterocycles. The van der Waals surface area contributed by atoms with Gasteiger partial charge in [-0.3, -0.25) is 24.3 Å². The molecule has 0 fully saturated rings. The van der Waals surface area contributed by atoms with Crippen molar-refractivity contribution in [3.63, 3.8) is 0 Å². The Morgan fingerprint density at radius 2 is 2.08 bits per heavy atom. The minimum Gasteiger partial charge on any atom is -0.383 e. The Morgan fingerprint density at radius 3 is 2.65 bits per heavy atom. The van der Waals surface area contributed by atoms with Crippen molar-refractivity contribution in [3.8, 4) is 6.07 Å². The van der Waals surface area contributed by atoms with Crippen LogP contribution in [0.25, 0.3) is 0 Å². The maximum Gasteiger partial charge on any atom is 0.287 e. The standard InChI is InChI=1S/C17H18N4O5/c1-11-6-15(12(2)20(11)4-5-26-3)16(22)10-19-9-14(21(24)25)7-13(8-18)17(19)23/h6-7,9H,4-5,10H2,1-3H3. The number of hydrogen-bond acceptors (Lipinski definition) is 6. The lowest BCUT2D eigenvalue weighted by Gasteiger charge is -2.09. The minimum atomic E-state index is -0.736.